The molecule has 2 nitrogen and oxygen atoms in total. The number of benzene rings is 2. The van der Waals surface area contributed by atoms with Crippen LogP contribution in [0.25, 0.3) is 0 Å². The second-order valence-corrected chi connectivity index (χ2v) is 6.67. The monoisotopic (exact) mass is 309 g/mol. The largest absolute Gasteiger partial charge is 0.345 e. The minimum atomic E-state index is -0.00457. The Morgan fingerprint density at radius 1 is 1.00 bits per heavy atom. The van der Waals surface area contributed by atoms with Crippen LogP contribution in [0, 0.1) is 19.8 Å². The van der Waals surface area contributed by atoms with E-state index in [0.29, 0.717) is 5.92 Å². The number of hydrogen-bond donors (Lipinski definition) is 1. The Labute approximate surface area is 139 Å². The molecule has 2 rings (SSSR count). The molecular weight excluding hydrogens is 282 g/mol. The van der Waals surface area contributed by atoms with Gasteiger partial charge in [0.2, 0.25) is 0 Å². The van der Waals surface area contributed by atoms with Gasteiger partial charge >= 0.3 is 0 Å². The van der Waals surface area contributed by atoms with Gasteiger partial charge in [0, 0.05) is 5.56 Å². The average Bonchev–Trinajstić information content (AvgIpc) is 2.51. The van der Waals surface area contributed by atoms with Crippen LogP contribution in [0.3, 0.4) is 0 Å². The molecule has 23 heavy (non-hydrogen) atoms. The molecule has 0 bridgehead atoms. The molecule has 0 aliphatic heterocycles. The van der Waals surface area contributed by atoms with Gasteiger partial charge in [0.15, 0.2) is 0 Å². The van der Waals surface area contributed by atoms with Crippen LogP contribution >= 0.6 is 0 Å². The summed E-state index contributed by atoms with van der Waals surface area (Å²) >= 11 is 0. The second kappa shape index (κ2) is 7.45. The topological polar surface area (TPSA) is 29.1 Å². The summed E-state index contributed by atoms with van der Waals surface area (Å²) in [6.45, 7) is 10.5. The number of carbonyl (C=O) groups excluding carboxylic acids is 1. The summed E-state index contributed by atoms with van der Waals surface area (Å²) in [4.78, 5) is 12.6. The number of nitrogens with one attached hydrogen (secondary N) is 1. The minimum Gasteiger partial charge on any atom is -0.345 e. The van der Waals surface area contributed by atoms with Crippen molar-refractivity contribution in [3.8, 4) is 0 Å². The Hall–Kier alpha value is -2.09. The number of carbonyl (C=O) groups is 1. The van der Waals surface area contributed by atoms with Crippen LogP contribution in [0.4, 0.5) is 0 Å². The highest BCUT2D eigenvalue weighted by molar-refractivity contribution is 5.94. The van der Waals surface area contributed by atoms with Gasteiger partial charge in [-0.2, -0.15) is 0 Å². The summed E-state index contributed by atoms with van der Waals surface area (Å²) in [7, 11) is 0. The average molecular weight is 309 g/mol. The van der Waals surface area contributed by atoms with Gasteiger partial charge in [-0.25, -0.2) is 0 Å². The molecule has 1 atom stereocenters. The van der Waals surface area contributed by atoms with Crippen molar-refractivity contribution in [3.63, 3.8) is 0 Å². The van der Waals surface area contributed by atoms with Gasteiger partial charge < -0.3 is 5.32 Å². The molecule has 0 radical (unpaired) electrons. The smallest absolute Gasteiger partial charge is 0.251 e. The molecule has 0 spiro atoms. The lowest BCUT2D eigenvalue weighted by Crippen LogP contribution is -2.31. The van der Waals surface area contributed by atoms with E-state index in [0.717, 1.165) is 28.7 Å². The van der Waals surface area contributed by atoms with E-state index in [4.69, 9.17) is 0 Å². The van der Waals surface area contributed by atoms with Gasteiger partial charge in [-0.15, -0.1) is 0 Å². The predicted octanol–water partition coefficient (Wildman–Crippen LogP) is 4.99. The van der Waals surface area contributed by atoms with E-state index in [9.17, 15) is 4.79 Å². The number of rotatable bonds is 5. The van der Waals surface area contributed by atoms with Crippen molar-refractivity contribution < 1.29 is 4.79 Å². The summed E-state index contributed by atoms with van der Waals surface area (Å²) in [5.74, 6) is 0.326. The zero-order valence-corrected chi connectivity index (χ0v) is 14.8. The molecule has 0 aromatic heterocycles. The number of aryl methyl sites for hydroxylation is 3. The van der Waals surface area contributed by atoms with Gasteiger partial charge in [0.25, 0.3) is 5.91 Å². The lowest BCUT2D eigenvalue weighted by molar-refractivity contribution is 0.0925. The maximum Gasteiger partial charge on any atom is 0.251 e. The zero-order chi connectivity index (χ0) is 17.0. The van der Waals surface area contributed by atoms with E-state index < -0.39 is 0 Å². The Bertz CT molecular complexity index is 650. The van der Waals surface area contributed by atoms with Crippen molar-refractivity contribution >= 4 is 5.91 Å². The third-order valence-electron chi connectivity index (χ3n) is 4.18. The molecule has 1 amide bonds. The zero-order valence-electron chi connectivity index (χ0n) is 14.8. The molecule has 0 saturated carbocycles. The molecule has 1 N–H and O–H groups in total. The maximum atomic E-state index is 12.6. The molecule has 0 heterocycles. The van der Waals surface area contributed by atoms with Crippen molar-refractivity contribution in [1.29, 1.82) is 0 Å². The Balaban J connectivity index is 2.22. The molecule has 0 aliphatic rings. The molecule has 2 aromatic carbocycles. The summed E-state index contributed by atoms with van der Waals surface area (Å²) in [6.07, 6.45) is 1.03. The highest BCUT2D eigenvalue weighted by Gasteiger charge is 2.19. The second-order valence-electron chi connectivity index (χ2n) is 6.67. The first-order chi connectivity index (χ1) is 10.9. The first kappa shape index (κ1) is 17.3. The lowest BCUT2D eigenvalue weighted by atomic mass is 9.94. The Morgan fingerprint density at radius 2 is 1.57 bits per heavy atom. The standard InChI is InChI=1S/C21H27NO/c1-6-17-7-9-18(10-8-17)20(14(2)3)22-21(23)19-12-15(4)11-16(5)13-19/h7-14,20H,6H2,1-5H3,(H,22,23)/t20-/m0/s1. The highest BCUT2D eigenvalue weighted by Crippen LogP contribution is 2.23. The van der Waals surface area contributed by atoms with E-state index in [1.54, 1.807) is 0 Å². The van der Waals surface area contributed by atoms with Gasteiger partial charge in [0.1, 0.15) is 0 Å². The van der Waals surface area contributed by atoms with Gasteiger partial charge in [-0.1, -0.05) is 62.2 Å². The molecular formula is C21H27NO. The summed E-state index contributed by atoms with van der Waals surface area (Å²) < 4.78 is 0. The summed E-state index contributed by atoms with van der Waals surface area (Å²) in [5.41, 5.74) is 5.44. The van der Waals surface area contributed by atoms with E-state index in [2.05, 4.69) is 56.4 Å². The summed E-state index contributed by atoms with van der Waals surface area (Å²) in [6, 6.07) is 14.5. The fourth-order valence-electron chi connectivity index (χ4n) is 2.93. The Kier molecular flexibility index (Phi) is 5.59. The van der Waals surface area contributed by atoms with Crippen LogP contribution < -0.4 is 5.32 Å². The SMILES string of the molecule is CCc1ccc([C@@H](NC(=O)c2cc(C)cc(C)c2)C(C)C)cc1. The van der Waals surface area contributed by atoms with Crippen molar-refractivity contribution in [2.45, 2.75) is 47.1 Å². The summed E-state index contributed by atoms with van der Waals surface area (Å²) in [5, 5.41) is 3.20. The fourth-order valence-corrected chi connectivity index (χ4v) is 2.93. The molecule has 2 heteroatoms. The minimum absolute atomic E-state index is 0.00457. The molecule has 0 unspecified atom stereocenters. The van der Waals surface area contributed by atoms with Crippen LogP contribution in [-0.2, 0) is 6.42 Å². The first-order valence-electron chi connectivity index (χ1n) is 8.38. The maximum absolute atomic E-state index is 12.6. The fraction of sp³-hybridized carbons (Fsp3) is 0.381. The molecule has 2 aromatic rings. The van der Waals surface area contributed by atoms with E-state index >= 15 is 0 Å². The van der Waals surface area contributed by atoms with Crippen molar-refractivity contribution in [2.75, 3.05) is 0 Å². The van der Waals surface area contributed by atoms with Gasteiger partial charge in [0.05, 0.1) is 6.04 Å². The van der Waals surface area contributed by atoms with Crippen LogP contribution in [-0.4, -0.2) is 5.91 Å². The highest BCUT2D eigenvalue weighted by atomic mass is 16.1. The molecule has 0 aliphatic carbocycles. The van der Waals surface area contributed by atoms with E-state index in [-0.39, 0.29) is 11.9 Å². The van der Waals surface area contributed by atoms with E-state index in [1.165, 1.54) is 5.56 Å². The normalized spacial score (nSPS) is 12.3. The van der Waals surface area contributed by atoms with Crippen LogP contribution in [0.1, 0.15) is 59.4 Å². The lowest BCUT2D eigenvalue weighted by Gasteiger charge is -2.23. The van der Waals surface area contributed by atoms with Crippen LogP contribution in [0.5, 0.6) is 0 Å². The number of amides is 1. The quantitative estimate of drug-likeness (QED) is 0.828. The van der Waals surface area contributed by atoms with Crippen molar-refractivity contribution in [2.24, 2.45) is 5.92 Å². The van der Waals surface area contributed by atoms with E-state index in [1.807, 2.05) is 26.0 Å². The van der Waals surface area contributed by atoms with Gasteiger partial charge in [-0.3, -0.25) is 4.79 Å². The van der Waals surface area contributed by atoms with Gasteiger partial charge in [-0.05, 0) is 49.4 Å². The third kappa shape index (κ3) is 4.44. The van der Waals surface area contributed by atoms with Crippen LogP contribution in [0.15, 0.2) is 42.5 Å². The first-order valence-corrected chi connectivity index (χ1v) is 8.38. The molecule has 0 fully saturated rings. The predicted molar refractivity (Wildman–Crippen MR) is 96.8 cm³/mol. The van der Waals surface area contributed by atoms with Crippen molar-refractivity contribution in [1.82, 2.24) is 5.32 Å². The molecule has 122 valence electrons. The third-order valence-corrected chi connectivity index (χ3v) is 4.18. The number of hydrogen-bond acceptors (Lipinski definition) is 1. The van der Waals surface area contributed by atoms with Crippen LogP contribution in [0.2, 0.25) is 0 Å². The molecule has 0 saturated heterocycles. The Morgan fingerprint density at radius 3 is 2.04 bits per heavy atom. The van der Waals surface area contributed by atoms with Crippen molar-refractivity contribution in [3.05, 3.63) is 70.3 Å².